The minimum Gasteiger partial charge on any atom is -0.479 e. The van der Waals surface area contributed by atoms with Crippen molar-refractivity contribution in [3.05, 3.63) is 0 Å². The quantitative estimate of drug-likeness (QED) is 0.836. The Morgan fingerprint density at radius 3 is 2.47 bits per heavy atom. The minimum absolute atomic E-state index is 0.0294. The van der Waals surface area contributed by atoms with Gasteiger partial charge in [0.15, 0.2) is 5.54 Å². The van der Waals surface area contributed by atoms with Crippen LogP contribution in [-0.4, -0.2) is 44.5 Å². The number of nitrogens with zero attached hydrogens (tertiary/aromatic N) is 1. The van der Waals surface area contributed by atoms with E-state index in [0.717, 1.165) is 25.0 Å². The topological polar surface area (TPSA) is 57.6 Å². The molecule has 2 fully saturated rings. The maximum absolute atomic E-state index is 11.8. The zero-order chi connectivity index (χ0) is 12.6. The number of hydrogen-bond donors (Lipinski definition) is 1. The first kappa shape index (κ1) is 12.7. The molecule has 1 amide bonds. The summed E-state index contributed by atoms with van der Waals surface area (Å²) < 4.78 is 0. The highest BCUT2D eigenvalue weighted by Crippen LogP contribution is 2.44. The summed E-state index contributed by atoms with van der Waals surface area (Å²) in [4.78, 5) is 25.2. The van der Waals surface area contributed by atoms with E-state index in [1.807, 2.05) is 6.92 Å². The summed E-state index contributed by atoms with van der Waals surface area (Å²) in [5, 5.41) is 9.62. The maximum atomic E-state index is 11.8. The van der Waals surface area contributed by atoms with Crippen LogP contribution >= 0.6 is 11.8 Å². The van der Waals surface area contributed by atoms with Crippen LogP contribution in [0.15, 0.2) is 0 Å². The van der Waals surface area contributed by atoms with Gasteiger partial charge in [0.25, 0.3) is 0 Å². The van der Waals surface area contributed by atoms with Gasteiger partial charge in [0.1, 0.15) is 0 Å². The molecule has 1 saturated carbocycles. The van der Waals surface area contributed by atoms with Gasteiger partial charge in [-0.15, -0.1) is 0 Å². The summed E-state index contributed by atoms with van der Waals surface area (Å²) in [5.41, 5.74) is -0.976. The Balaban J connectivity index is 2.37. The highest BCUT2D eigenvalue weighted by atomic mass is 32.2. The van der Waals surface area contributed by atoms with Crippen molar-refractivity contribution in [3.8, 4) is 0 Å². The van der Waals surface area contributed by atoms with E-state index in [0.29, 0.717) is 6.42 Å². The predicted molar refractivity (Wildman–Crippen MR) is 67.1 cm³/mol. The summed E-state index contributed by atoms with van der Waals surface area (Å²) in [5.74, 6) is 0.0654. The van der Waals surface area contributed by atoms with Crippen LogP contribution in [0.25, 0.3) is 0 Å². The number of rotatable bonds is 3. The fraction of sp³-hybridized carbons (Fsp3) is 0.833. The second-order valence-corrected chi connectivity index (χ2v) is 6.41. The van der Waals surface area contributed by atoms with Crippen LogP contribution in [0.3, 0.4) is 0 Å². The second kappa shape index (κ2) is 4.52. The lowest BCUT2D eigenvalue weighted by Crippen LogP contribution is -2.63. The molecule has 1 heterocycles. The molecule has 1 aliphatic carbocycles. The van der Waals surface area contributed by atoms with Crippen LogP contribution in [0.4, 0.5) is 0 Å². The lowest BCUT2D eigenvalue weighted by atomic mass is 9.87. The number of carbonyl (C=O) groups is 2. The number of aliphatic carboxylic acids is 1. The third-order valence-electron chi connectivity index (χ3n) is 3.79. The van der Waals surface area contributed by atoms with Crippen molar-refractivity contribution in [2.45, 2.75) is 56.4 Å². The predicted octanol–water partition coefficient (Wildman–Crippen LogP) is 1.74. The highest BCUT2D eigenvalue weighted by molar-refractivity contribution is 8.00. The van der Waals surface area contributed by atoms with Crippen molar-refractivity contribution in [1.29, 1.82) is 0 Å². The van der Waals surface area contributed by atoms with Crippen molar-refractivity contribution < 1.29 is 14.7 Å². The molecule has 2 aliphatic rings. The van der Waals surface area contributed by atoms with Crippen LogP contribution in [0.1, 0.15) is 39.5 Å². The van der Waals surface area contributed by atoms with Gasteiger partial charge in [-0.2, -0.15) is 11.8 Å². The number of hydrogen-bond acceptors (Lipinski definition) is 3. The first-order chi connectivity index (χ1) is 8.00. The summed E-state index contributed by atoms with van der Waals surface area (Å²) >= 11 is 1.67. The minimum atomic E-state index is -0.976. The van der Waals surface area contributed by atoms with Gasteiger partial charge in [0, 0.05) is 18.2 Å². The molecule has 0 radical (unpaired) electrons. The molecule has 1 aliphatic heterocycles. The van der Waals surface area contributed by atoms with Gasteiger partial charge in [-0.3, -0.25) is 4.79 Å². The summed E-state index contributed by atoms with van der Waals surface area (Å²) in [6, 6.07) is 0.157. The molecule has 4 nitrogen and oxygen atoms in total. The third kappa shape index (κ3) is 2.05. The monoisotopic (exact) mass is 257 g/mol. The van der Waals surface area contributed by atoms with Gasteiger partial charge in [0.2, 0.25) is 5.91 Å². The van der Waals surface area contributed by atoms with Crippen LogP contribution in [0.5, 0.6) is 0 Å². The van der Waals surface area contributed by atoms with Gasteiger partial charge in [-0.05, 0) is 31.4 Å². The van der Waals surface area contributed by atoms with E-state index >= 15 is 0 Å². The number of thioether (sulfide) groups is 1. The van der Waals surface area contributed by atoms with Gasteiger partial charge < -0.3 is 10.0 Å². The Bertz CT molecular complexity index is 343. The van der Waals surface area contributed by atoms with E-state index in [1.54, 1.807) is 16.7 Å². The van der Waals surface area contributed by atoms with Gasteiger partial charge >= 0.3 is 5.97 Å². The van der Waals surface area contributed by atoms with Gasteiger partial charge in [0.05, 0.1) is 0 Å². The van der Waals surface area contributed by atoms with Gasteiger partial charge in [-0.25, -0.2) is 4.79 Å². The number of amides is 1. The van der Waals surface area contributed by atoms with Crippen molar-refractivity contribution in [1.82, 2.24) is 4.90 Å². The molecule has 0 bridgehead atoms. The molecule has 96 valence electrons. The van der Waals surface area contributed by atoms with Gasteiger partial charge in [-0.1, -0.05) is 6.92 Å². The first-order valence-electron chi connectivity index (χ1n) is 6.15. The largest absolute Gasteiger partial charge is 0.479 e. The van der Waals surface area contributed by atoms with E-state index in [4.69, 9.17) is 0 Å². The second-order valence-electron chi connectivity index (χ2n) is 4.97. The molecule has 1 N–H and O–H groups in total. The number of carboxylic acid groups (broad SMARTS) is 1. The molecule has 2 unspecified atom stereocenters. The van der Waals surface area contributed by atoms with E-state index in [-0.39, 0.29) is 17.2 Å². The zero-order valence-electron chi connectivity index (χ0n) is 10.3. The molecule has 1 saturated heterocycles. The van der Waals surface area contributed by atoms with Crippen molar-refractivity contribution >= 4 is 23.6 Å². The number of carbonyl (C=O) groups excluding carboxylic acids is 1. The molecular weight excluding hydrogens is 238 g/mol. The zero-order valence-corrected chi connectivity index (χ0v) is 11.1. The third-order valence-corrected chi connectivity index (χ3v) is 5.21. The molecule has 17 heavy (non-hydrogen) atoms. The van der Waals surface area contributed by atoms with E-state index < -0.39 is 11.5 Å². The molecule has 0 aromatic carbocycles. The molecule has 2 rings (SSSR count). The molecule has 2 atom stereocenters. The van der Waals surface area contributed by atoms with E-state index in [9.17, 15) is 14.7 Å². The number of carboxylic acids is 1. The van der Waals surface area contributed by atoms with E-state index in [1.165, 1.54) is 6.92 Å². The molecule has 0 aromatic rings. The Labute approximate surface area is 106 Å². The molecular formula is C12H19NO3S. The van der Waals surface area contributed by atoms with Crippen LogP contribution in [0.2, 0.25) is 0 Å². The molecule has 0 spiro atoms. The molecule has 0 aromatic heterocycles. The molecule has 5 heteroatoms. The lowest BCUT2D eigenvalue weighted by Gasteiger charge is -2.46. The Morgan fingerprint density at radius 2 is 2.06 bits per heavy atom. The van der Waals surface area contributed by atoms with Crippen molar-refractivity contribution in [2.75, 3.05) is 5.75 Å². The fourth-order valence-corrected chi connectivity index (χ4v) is 4.11. The van der Waals surface area contributed by atoms with E-state index in [2.05, 4.69) is 0 Å². The summed E-state index contributed by atoms with van der Waals surface area (Å²) in [7, 11) is 0. The van der Waals surface area contributed by atoms with Crippen LogP contribution in [-0.2, 0) is 9.59 Å². The first-order valence-corrected chi connectivity index (χ1v) is 7.20. The summed E-state index contributed by atoms with van der Waals surface area (Å²) in [6.45, 7) is 3.44. The summed E-state index contributed by atoms with van der Waals surface area (Å²) in [6.07, 6.45) is 3.36. The average molecular weight is 257 g/mol. The average Bonchev–Trinajstić information content (AvgIpc) is 3.04. The Kier molecular flexibility index (Phi) is 3.39. The lowest BCUT2D eigenvalue weighted by molar-refractivity contribution is -0.160. The van der Waals surface area contributed by atoms with Crippen molar-refractivity contribution in [2.24, 2.45) is 0 Å². The van der Waals surface area contributed by atoms with Crippen molar-refractivity contribution in [3.63, 3.8) is 0 Å². The SMILES string of the molecule is CC(=O)N(C1CC1)C1(C(=O)O)CCCSC1C. The highest BCUT2D eigenvalue weighted by Gasteiger charge is 2.55. The normalized spacial score (nSPS) is 33.2. The van der Waals surface area contributed by atoms with Crippen LogP contribution in [0, 0.1) is 0 Å². The maximum Gasteiger partial charge on any atom is 0.330 e. The fourth-order valence-electron chi connectivity index (χ4n) is 2.84. The van der Waals surface area contributed by atoms with Crippen LogP contribution < -0.4 is 0 Å². The standard InChI is InChI=1S/C12H19NO3S/c1-8-12(11(15)16,6-3-7-17-8)13(9(2)14)10-4-5-10/h8,10H,3-7H2,1-2H3,(H,15,16). The Morgan fingerprint density at radius 1 is 1.41 bits per heavy atom. The smallest absolute Gasteiger partial charge is 0.330 e. The Hall–Kier alpha value is -0.710.